The second-order valence-electron chi connectivity index (χ2n) is 4.55. The van der Waals surface area contributed by atoms with Crippen molar-refractivity contribution in [1.82, 2.24) is 20.1 Å². The second-order valence-corrected chi connectivity index (χ2v) is 5.80. The highest BCUT2D eigenvalue weighted by atomic mass is 127. The number of nitrogens with one attached hydrogen (secondary N) is 1. The Labute approximate surface area is 121 Å². The van der Waals surface area contributed by atoms with Crippen LogP contribution >= 0.6 is 22.6 Å². The molecule has 0 spiro atoms. The number of pyridine rings is 1. The van der Waals surface area contributed by atoms with Gasteiger partial charge in [0.15, 0.2) is 5.82 Å². The van der Waals surface area contributed by atoms with Crippen LogP contribution in [0.1, 0.15) is 25.1 Å². The van der Waals surface area contributed by atoms with E-state index in [1.807, 2.05) is 25.4 Å². The van der Waals surface area contributed by atoms with E-state index in [-0.39, 0.29) is 0 Å². The maximum atomic E-state index is 4.59. The van der Waals surface area contributed by atoms with Gasteiger partial charge >= 0.3 is 0 Å². The summed E-state index contributed by atoms with van der Waals surface area (Å²) in [5.74, 6) is 0.865. The fourth-order valence-electron chi connectivity index (χ4n) is 1.63. The predicted octanol–water partition coefficient (Wildman–Crippen LogP) is 2.68. The number of aryl methyl sites for hydroxylation is 1. The Kier molecular flexibility index (Phi) is 4.34. The molecule has 2 aromatic heterocycles. The molecule has 2 aromatic rings. The molecule has 0 unspecified atom stereocenters. The Morgan fingerprint density at radius 2 is 2.17 bits per heavy atom. The summed E-state index contributed by atoms with van der Waals surface area (Å²) in [5, 5.41) is 7.66. The van der Waals surface area contributed by atoms with Gasteiger partial charge < -0.3 is 5.32 Å². The molecule has 0 aliphatic heterocycles. The van der Waals surface area contributed by atoms with Crippen molar-refractivity contribution in [3.05, 3.63) is 39.4 Å². The van der Waals surface area contributed by atoms with Gasteiger partial charge in [-0.1, -0.05) is 19.9 Å². The molecule has 2 rings (SSSR count). The Morgan fingerprint density at radius 3 is 2.72 bits per heavy atom. The lowest BCUT2D eigenvalue weighted by Crippen LogP contribution is -2.22. The number of hydrogen-bond donors (Lipinski definition) is 1. The summed E-state index contributed by atoms with van der Waals surface area (Å²) in [6.07, 6.45) is 3.79. The maximum Gasteiger partial charge on any atom is 0.153 e. The van der Waals surface area contributed by atoms with Crippen molar-refractivity contribution in [3.8, 4) is 5.82 Å². The average molecular weight is 356 g/mol. The number of nitrogens with zero attached hydrogens (tertiary/aromatic N) is 3. The molecule has 0 aromatic carbocycles. The Hall–Kier alpha value is -0.950. The molecule has 0 aliphatic carbocycles. The van der Waals surface area contributed by atoms with Crippen LogP contribution < -0.4 is 5.32 Å². The number of halogens is 1. The monoisotopic (exact) mass is 356 g/mol. The van der Waals surface area contributed by atoms with Gasteiger partial charge in [0.05, 0.1) is 9.77 Å². The zero-order chi connectivity index (χ0) is 13.1. The maximum absolute atomic E-state index is 4.59. The van der Waals surface area contributed by atoms with Crippen molar-refractivity contribution in [1.29, 1.82) is 0 Å². The van der Waals surface area contributed by atoms with Gasteiger partial charge in [0.25, 0.3) is 0 Å². The first-order valence-electron chi connectivity index (χ1n) is 5.96. The fourth-order valence-corrected chi connectivity index (χ4v) is 2.02. The largest absolute Gasteiger partial charge is 0.310 e. The summed E-state index contributed by atoms with van der Waals surface area (Å²) in [7, 11) is 0. The van der Waals surface area contributed by atoms with Gasteiger partial charge in [-0.15, -0.1) is 0 Å². The molecule has 5 heteroatoms. The normalized spacial score (nSPS) is 11.2. The summed E-state index contributed by atoms with van der Waals surface area (Å²) in [6, 6.07) is 4.60. The van der Waals surface area contributed by atoms with E-state index < -0.39 is 0 Å². The van der Waals surface area contributed by atoms with Crippen LogP contribution in [0.5, 0.6) is 0 Å². The first kappa shape index (κ1) is 13.5. The van der Waals surface area contributed by atoms with Crippen molar-refractivity contribution in [2.45, 2.75) is 33.4 Å². The molecule has 4 nitrogen and oxygen atoms in total. The van der Waals surface area contributed by atoms with Gasteiger partial charge in [0.1, 0.15) is 0 Å². The topological polar surface area (TPSA) is 42.7 Å². The van der Waals surface area contributed by atoms with E-state index >= 15 is 0 Å². The summed E-state index contributed by atoms with van der Waals surface area (Å²) in [6.45, 7) is 7.17. The highest BCUT2D eigenvalue weighted by molar-refractivity contribution is 14.1. The zero-order valence-corrected chi connectivity index (χ0v) is 13.0. The van der Waals surface area contributed by atoms with Gasteiger partial charge in [-0.25, -0.2) is 9.67 Å². The molecule has 0 bridgehead atoms. The summed E-state index contributed by atoms with van der Waals surface area (Å²) in [4.78, 5) is 4.59. The molecule has 0 fully saturated rings. The second kappa shape index (κ2) is 5.79. The van der Waals surface area contributed by atoms with E-state index in [0.717, 1.165) is 21.6 Å². The van der Waals surface area contributed by atoms with E-state index in [4.69, 9.17) is 0 Å². The van der Waals surface area contributed by atoms with E-state index in [2.05, 4.69) is 57.9 Å². The standard InChI is InChI=1S/C13H17IN4/c1-9(2)15-6-11-4-5-13(17-10(11)3)18-8-12(14)7-16-18/h4-5,7-9,15H,6H2,1-3H3. The highest BCUT2D eigenvalue weighted by Crippen LogP contribution is 2.11. The van der Waals surface area contributed by atoms with Gasteiger partial charge in [0.2, 0.25) is 0 Å². The highest BCUT2D eigenvalue weighted by Gasteiger charge is 2.05. The number of hydrogen-bond acceptors (Lipinski definition) is 3. The van der Waals surface area contributed by atoms with Crippen LogP contribution in [-0.2, 0) is 6.54 Å². The molecular weight excluding hydrogens is 339 g/mol. The predicted molar refractivity (Wildman–Crippen MR) is 80.8 cm³/mol. The van der Waals surface area contributed by atoms with Crippen LogP contribution in [-0.4, -0.2) is 20.8 Å². The third-order valence-electron chi connectivity index (χ3n) is 2.67. The summed E-state index contributed by atoms with van der Waals surface area (Å²) in [5.41, 5.74) is 2.28. The minimum absolute atomic E-state index is 0.483. The van der Waals surface area contributed by atoms with Crippen molar-refractivity contribution >= 4 is 22.6 Å². The van der Waals surface area contributed by atoms with Crippen LogP contribution in [0.15, 0.2) is 24.5 Å². The average Bonchev–Trinajstić information content (AvgIpc) is 2.74. The van der Waals surface area contributed by atoms with Crippen molar-refractivity contribution in [2.24, 2.45) is 0 Å². The Morgan fingerprint density at radius 1 is 1.39 bits per heavy atom. The van der Waals surface area contributed by atoms with Crippen LogP contribution in [0.25, 0.3) is 5.82 Å². The van der Waals surface area contributed by atoms with Crippen LogP contribution in [0.3, 0.4) is 0 Å². The molecular formula is C13H17IN4. The third-order valence-corrected chi connectivity index (χ3v) is 3.22. The van der Waals surface area contributed by atoms with Crippen molar-refractivity contribution < 1.29 is 0 Å². The molecule has 0 aliphatic rings. The van der Waals surface area contributed by atoms with E-state index in [0.29, 0.717) is 6.04 Å². The first-order chi connectivity index (χ1) is 8.56. The van der Waals surface area contributed by atoms with Gasteiger partial charge in [-0.2, -0.15) is 5.10 Å². The molecule has 0 radical (unpaired) electrons. The van der Waals surface area contributed by atoms with Gasteiger partial charge in [-0.05, 0) is 41.1 Å². The SMILES string of the molecule is Cc1nc(-n2cc(I)cn2)ccc1CNC(C)C. The molecule has 0 saturated carbocycles. The minimum Gasteiger partial charge on any atom is -0.310 e. The summed E-state index contributed by atoms with van der Waals surface area (Å²) < 4.78 is 2.91. The molecule has 0 saturated heterocycles. The molecule has 2 heterocycles. The lowest BCUT2D eigenvalue weighted by molar-refractivity contribution is 0.586. The Balaban J connectivity index is 2.19. The molecule has 18 heavy (non-hydrogen) atoms. The fraction of sp³-hybridized carbons (Fsp3) is 0.385. The summed E-state index contributed by atoms with van der Waals surface area (Å²) >= 11 is 2.24. The van der Waals surface area contributed by atoms with Gasteiger partial charge in [0, 0.05) is 24.5 Å². The zero-order valence-electron chi connectivity index (χ0n) is 10.8. The number of aromatic nitrogens is 3. The smallest absolute Gasteiger partial charge is 0.153 e. The van der Waals surface area contributed by atoms with Crippen LogP contribution in [0, 0.1) is 10.5 Å². The lowest BCUT2D eigenvalue weighted by Gasteiger charge is -2.11. The van der Waals surface area contributed by atoms with Crippen molar-refractivity contribution in [3.63, 3.8) is 0 Å². The third kappa shape index (κ3) is 3.29. The quantitative estimate of drug-likeness (QED) is 0.857. The first-order valence-corrected chi connectivity index (χ1v) is 7.04. The molecule has 1 N–H and O–H groups in total. The van der Waals surface area contributed by atoms with E-state index in [1.165, 1.54) is 5.56 Å². The molecule has 0 amide bonds. The molecule has 96 valence electrons. The number of rotatable bonds is 4. The van der Waals surface area contributed by atoms with E-state index in [1.54, 1.807) is 4.68 Å². The lowest BCUT2D eigenvalue weighted by atomic mass is 10.2. The van der Waals surface area contributed by atoms with Crippen molar-refractivity contribution in [2.75, 3.05) is 0 Å². The van der Waals surface area contributed by atoms with Gasteiger partial charge in [-0.3, -0.25) is 0 Å². The van der Waals surface area contributed by atoms with E-state index in [9.17, 15) is 0 Å². The van der Waals surface area contributed by atoms with Crippen LogP contribution in [0.4, 0.5) is 0 Å². The molecule has 0 atom stereocenters. The minimum atomic E-state index is 0.483. The Bertz CT molecular complexity index is 534. The van der Waals surface area contributed by atoms with Crippen LogP contribution in [0.2, 0.25) is 0 Å².